The van der Waals surface area contributed by atoms with Crippen LogP contribution in [0, 0.1) is 0 Å². The van der Waals surface area contributed by atoms with Gasteiger partial charge in [-0.3, -0.25) is 9.10 Å². The van der Waals surface area contributed by atoms with Crippen LogP contribution in [0.5, 0.6) is 5.75 Å². The Morgan fingerprint density at radius 1 is 1.10 bits per heavy atom. The summed E-state index contributed by atoms with van der Waals surface area (Å²) in [5.41, 5.74) is 0.768. The minimum atomic E-state index is -4.23. The molecule has 0 aliphatic carbocycles. The van der Waals surface area contributed by atoms with E-state index in [9.17, 15) is 26.7 Å². The second kappa shape index (κ2) is 8.85. The first-order valence-corrected chi connectivity index (χ1v) is 12.6. The normalized spacial score (nSPS) is 17.6. The van der Waals surface area contributed by atoms with E-state index in [0.29, 0.717) is 17.7 Å². The van der Waals surface area contributed by atoms with E-state index < -0.39 is 38.6 Å². The third kappa shape index (κ3) is 4.53. The maximum atomic E-state index is 13.4. The molecule has 0 saturated heterocycles. The molecule has 0 fully saturated rings. The Labute approximate surface area is 182 Å². The van der Waals surface area contributed by atoms with Crippen LogP contribution in [-0.4, -0.2) is 57.7 Å². The predicted octanol–water partition coefficient (Wildman–Crippen LogP) is 1.68. The molecular formula is C20H24N2O7S2. The number of methoxy groups -OCH3 is 1. The minimum Gasteiger partial charge on any atom is -0.508 e. The zero-order valence-electron chi connectivity index (χ0n) is 17.1. The molecule has 1 N–H and O–H groups in total. The quantitative estimate of drug-likeness (QED) is 0.640. The Morgan fingerprint density at radius 2 is 1.74 bits per heavy atom. The fourth-order valence-corrected chi connectivity index (χ4v) is 6.61. The van der Waals surface area contributed by atoms with Gasteiger partial charge in [0.2, 0.25) is 20.0 Å². The molecule has 9 nitrogen and oxygen atoms in total. The number of benzene rings is 2. The van der Waals surface area contributed by atoms with Crippen molar-refractivity contribution >= 4 is 31.7 Å². The highest BCUT2D eigenvalue weighted by atomic mass is 32.2. The average Bonchev–Trinajstić information content (AvgIpc) is 2.91. The van der Waals surface area contributed by atoms with Gasteiger partial charge < -0.3 is 9.84 Å². The number of nitrogens with zero attached hydrogens (tertiary/aromatic N) is 2. The monoisotopic (exact) mass is 468 g/mol. The number of carbonyl (C=O) groups is 1. The van der Waals surface area contributed by atoms with Crippen molar-refractivity contribution in [1.82, 2.24) is 4.31 Å². The summed E-state index contributed by atoms with van der Waals surface area (Å²) in [7, 11) is -6.92. The van der Waals surface area contributed by atoms with Crippen LogP contribution in [0.25, 0.3) is 0 Å². The molecule has 31 heavy (non-hydrogen) atoms. The van der Waals surface area contributed by atoms with Gasteiger partial charge in [0.25, 0.3) is 0 Å². The van der Waals surface area contributed by atoms with E-state index in [1.165, 1.54) is 24.3 Å². The molecule has 0 radical (unpaired) electrons. The number of anilines is 1. The molecule has 0 aromatic heterocycles. The first-order chi connectivity index (χ1) is 14.6. The standard InChI is InChI=1S/C20H24N2O7S2/c1-3-12-30(25,26)21-14-19(20(24)29-2)22(13-15-6-4-5-7-18(15)21)31(27,28)17-10-8-16(23)9-11-17/h4-11,19,23H,3,12-14H2,1-2H3. The van der Waals surface area contributed by atoms with E-state index in [1.54, 1.807) is 31.2 Å². The summed E-state index contributed by atoms with van der Waals surface area (Å²) in [5.74, 6) is -1.13. The molecule has 11 heteroatoms. The summed E-state index contributed by atoms with van der Waals surface area (Å²) in [6.07, 6.45) is 0.361. The SMILES string of the molecule is CCCS(=O)(=O)N1CC(C(=O)OC)N(S(=O)(=O)c2ccc(O)cc2)Cc2ccccc21. The number of para-hydroxylation sites is 1. The number of carbonyl (C=O) groups excluding carboxylic acids is 1. The number of esters is 1. The molecule has 0 amide bonds. The first-order valence-electron chi connectivity index (χ1n) is 9.59. The molecule has 2 aromatic rings. The lowest BCUT2D eigenvalue weighted by Crippen LogP contribution is -2.50. The Hall–Kier alpha value is -2.63. The summed E-state index contributed by atoms with van der Waals surface area (Å²) in [5, 5.41) is 9.51. The molecule has 2 aromatic carbocycles. The number of fused-ring (bicyclic) bond motifs is 1. The van der Waals surface area contributed by atoms with E-state index >= 15 is 0 Å². The largest absolute Gasteiger partial charge is 0.508 e. The van der Waals surface area contributed by atoms with Crippen molar-refractivity contribution in [3.63, 3.8) is 0 Å². The lowest BCUT2D eigenvalue weighted by atomic mass is 10.2. The van der Waals surface area contributed by atoms with Gasteiger partial charge in [-0.15, -0.1) is 0 Å². The van der Waals surface area contributed by atoms with E-state index in [0.717, 1.165) is 15.7 Å². The fourth-order valence-electron chi connectivity index (χ4n) is 3.48. The zero-order valence-corrected chi connectivity index (χ0v) is 18.8. The van der Waals surface area contributed by atoms with Crippen LogP contribution in [0.1, 0.15) is 18.9 Å². The Bertz CT molecular complexity index is 1160. The van der Waals surface area contributed by atoms with Crippen molar-refractivity contribution < 1.29 is 31.5 Å². The zero-order chi connectivity index (χ0) is 22.8. The van der Waals surface area contributed by atoms with Gasteiger partial charge in [0.15, 0.2) is 0 Å². The summed E-state index contributed by atoms with van der Waals surface area (Å²) in [4.78, 5) is 12.5. The Balaban J connectivity index is 2.19. The van der Waals surface area contributed by atoms with Gasteiger partial charge in [-0.2, -0.15) is 4.31 Å². The molecule has 168 valence electrons. The molecule has 3 rings (SSSR count). The molecular weight excluding hydrogens is 444 g/mol. The maximum absolute atomic E-state index is 13.4. The topological polar surface area (TPSA) is 121 Å². The Morgan fingerprint density at radius 3 is 2.35 bits per heavy atom. The lowest BCUT2D eigenvalue weighted by molar-refractivity contribution is -0.144. The molecule has 1 aliphatic rings. The summed E-state index contributed by atoms with van der Waals surface area (Å²) >= 11 is 0. The van der Waals surface area contributed by atoms with Crippen LogP contribution in [0.2, 0.25) is 0 Å². The molecule has 0 bridgehead atoms. The van der Waals surface area contributed by atoms with E-state index in [-0.39, 0.29) is 22.9 Å². The molecule has 0 saturated carbocycles. The van der Waals surface area contributed by atoms with Crippen LogP contribution in [0.4, 0.5) is 5.69 Å². The molecule has 1 aliphatic heterocycles. The third-order valence-electron chi connectivity index (χ3n) is 4.99. The number of ether oxygens (including phenoxy) is 1. The van der Waals surface area contributed by atoms with Gasteiger partial charge in [-0.25, -0.2) is 16.8 Å². The number of sulfonamides is 2. The smallest absolute Gasteiger partial charge is 0.326 e. The van der Waals surface area contributed by atoms with Crippen LogP contribution in [-0.2, 0) is 36.1 Å². The van der Waals surface area contributed by atoms with Crippen LogP contribution in [0.3, 0.4) is 0 Å². The highest BCUT2D eigenvalue weighted by Crippen LogP contribution is 2.33. The van der Waals surface area contributed by atoms with Gasteiger partial charge in [0.05, 0.1) is 30.0 Å². The molecule has 1 heterocycles. The first kappa shape index (κ1) is 23.0. The highest BCUT2D eigenvalue weighted by molar-refractivity contribution is 7.92. The van der Waals surface area contributed by atoms with Crippen molar-refractivity contribution in [3.05, 3.63) is 54.1 Å². The van der Waals surface area contributed by atoms with Crippen LogP contribution < -0.4 is 4.31 Å². The van der Waals surface area contributed by atoms with Crippen molar-refractivity contribution in [2.45, 2.75) is 30.8 Å². The summed E-state index contributed by atoms with van der Waals surface area (Å²) < 4.78 is 59.8. The Kier molecular flexibility index (Phi) is 6.58. The van der Waals surface area contributed by atoms with E-state index in [4.69, 9.17) is 4.74 Å². The number of phenols is 1. The van der Waals surface area contributed by atoms with E-state index in [1.807, 2.05) is 0 Å². The molecule has 1 unspecified atom stereocenters. The van der Waals surface area contributed by atoms with Gasteiger partial charge in [-0.1, -0.05) is 25.1 Å². The van der Waals surface area contributed by atoms with Gasteiger partial charge >= 0.3 is 5.97 Å². The highest BCUT2D eigenvalue weighted by Gasteiger charge is 2.43. The van der Waals surface area contributed by atoms with E-state index in [2.05, 4.69) is 0 Å². The summed E-state index contributed by atoms with van der Waals surface area (Å²) in [6, 6.07) is 10.0. The second-order valence-corrected chi connectivity index (χ2v) is 11.0. The van der Waals surface area contributed by atoms with Gasteiger partial charge in [0.1, 0.15) is 11.8 Å². The van der Waals surface area contributed by atoms with Crippen LogP contribution >= 0.6 is 0 Å². The van der Waals surface area contributed by atoms with Gasteiger partial charge in [-0.05, 0) is 42.3 Å². The average molecular weight is 469 g/mol. The minimum absolute atomic E-state index is 0.110. The number of aromatic hydroxyl groups is 1. The predicted molar refractivity (Wildman–Crippen MR) is 115 cm³/mol. The number of phenolic OH excluding ortho intramolecular Hbond substituents is 1. The second-order valence-electron chi connectivity index (χ2n) is 7.06. The molecule has 1 atom stereocenters. The van der Waals surface area contributed by atoms with Crippen LogP contribution in [0.15, 0.2) is 53.4 Å². The maximum Gasteiger partial charge on any atom is 0.326 e. The lowest BCUT2D eigenvalue weighted by Gasteiger charge is -2.29. The number of hydrogen-bond donors (Lipinski definition) is 1. The van der Waals surface area contributed by atoms with Crippen molar-refractivity contribution in [1.29, 1.82) is 0 Å². The molecule has 0 spiro atoms. The fraction of sp³-hybridized carbons (Fsp3) is 0.350. The van der Waals surface area contributed by atoms with Crippen molar-refractivity contribution in [2.24, 2.45) is 0 Å². The number of rotatable bonds is 6. The number of hydrogen-bond acceptors (Lipinski definition) is 7. The third-order valence-corrected chi connectivity index (χ3v) is 8.80. The van der Waals surface area contributed by atoms with Crippen molar-refractivity contribution in [2.75, 3.05) is 23.7 Å². The van der Waals surface area contributed by atoms with Crippen molar-refractivity contribution in [3.8, 4) is 5.75 Å². The van der Waals surface area contributed by atoms with Gasteiger partial charge in [0, 0.05) is 6.54 Å². The summed E-state index contributed by atoms with van der Waals surface area (Å²) in [6.45, 7) is 1.08.